The summed E-state index contributed by atoms with van der Waals surface area (Å²) in [6.45, 7) is 4.05. The average molecular weight is 349 g/mol. The van der Waals surface area contributed by atoms with Gasteiger partial charge in [0.25, 0.3) is 5.56 Å². The molecule has 1 unspecified atom stereocenters. The highest BCUT2D eigenvalue weighted by Crippen LogP contribution is 2.27. The molecule has 23 heavy (non-hydrogen) atoms. The number of nitrogens with zero attached hydrogens (tertiary/aromatic N) is 4. The molecule has 5 nitrogen and oxygen atoms in total. The number of hydrogen-bond donors (Lipinski definition) is 0. The number of hydrogen-bond acceptors (Lipinski definition) is 4. The van der Waals surface area contributed by atoms with E-state index in [1.165, 1.54) is 16.3 Å². The third-order valence-electron chi connectivity index (χ3n) is 3.88. The predicted molar refractivity (Wildman–Crippen MR) is 93.6 cm³/mol. The van der Waals surface area contributed by atoms with Gasteiger partial charge in [0.1, 0.15) is 15.8 Å². The molecule has 120 valence electrons. The van der Waals surface area contributed by atoms with E-state index in [1.807, 2.05) is 25.3 Å². The molecule has 0 saturated carbocycles. The monoisotopic (exact) mass is 348 g/mol. The lowest BCUT2D eigenvalue weighted by Gasteiger charge is -2.23. The van der Waals surface area contributed by atoms with Crippen molar-refractivity contribution in [3.05, 3.63) is 57.2 Å². The standard InChI is InChI=1S/C16H17ClN4OS/c1-4-12(11-5-6-13(17)18-9-11)20-10(2)7-16(22)21-15(20)8-14(19-21)23-3/h5-9,12H,4H2,1-3H3. The molecule has 0 fully saturated rings. The largest absolute Gasteiger partial charge is 0.322 e. The molecule has 3 aromatic heterocycles. The molecule has 0 N–H and O–H groups in total. The maximum atomic E-state index is 12.2. The zero-order valence-corrected chi connectivity index (χ0v) is 14.7. The molecule has 0 aliphatic rings. The molecular formula is C16H17ClN4OS. The minimum atomic E-state index is -0.113. The van der Waals surface area contributed by atoms with Crippen molar-refractivity contribution in [3.63, 3.8) is 0 Å². The predicted octanol–water partition coefficient (Wildman–Crippen LogP) is 3.57. The second-order valence-corrected chi connectivity index (χ2v) is 6.50. The van der Waals surface area contributed by atoms with Gasteiger partial charge in [0.05, 0.1) is 6.04 Å². The Balaban J connectivity index is 2.26. The van der Waals surface area contributed by atoms with Crippen LogP contribution >= 0.6 is 23.4 Å². The molecule has 1 atom stereocenters. The van der Waals surface area contributed by atoms with Gasteiger partial charge in [-0.2, -0.15) is 9.61 Å². The third kappa shape index (κ3) is 2.88. The van der Waals surface area contributed by atoms with Crippen LogP contribution in [0, 0.1) is 6.92 Å². The van der Waals surface area contributed by atoms with Crippen LogP contribution in [-0.4, -0.2) is 25.4 Å². The van der Waals surface area contributed by atoms with E-state index in [4.69, 9.17) is 11.6 Å². The molecule has 0 aliphatic carbocycles. The summed E-state index contributed by atoms with van der Waals surface area (Å²) in [4.78, 5) is 16.4. The molecule has 0 amide bonds. The van der Waals surface area contributed by atoms with Crippen LogP contribution < -0.4 is 5.56 Å². The van der Waals surface area contributed by atoms with Gasteiger partial charge in [0, 0.05) is 24.0 Å². The van der Waals surface area contributed by atoms with Gasteiger partial charge in [0.2, 0.25) is 0 Å². The first-order valence-corrected chi connectivity index (χ1v) is 8.92. The fourth-order valence-corrected chi connectivity index (χ4v) is 3.33. The van der Waals surface area contributed by atoms with Crippen LogP contribution in [0.2, 0.25) is 5.15 Å². The Morgan fingerprint density at radius 1 is 1.35 bits per heavy atom. The van der Waals surface area contributed by atoms with Crippen molar-refractivity contribution < 1.29 is 0 Å². The highest BCUT2D eigenvalue weighted by atomic mass is 35.5. The van der Waals surface area contributed by atoms with Gasteiger partial charge < -0.3 is 4.57 Å². The van der Waals surface area contributed by atoms with Crippen LogP contribution in [0.25, 0.3) is 5.65 Å². The molecule has 0 aliphatic heterocycles. The Bertz CT molecular complexity index is 901. The SMILES string of the molecule is CCC(c1ccc(Cl)nc1)n1c(C)cc(=O)n2nc(SC)cc12. The summed E-state index contributed by atoms with van der Waals surface area (Å²) in [5.41, 5.74) is 2.63. The fourth-order valence-electron chi connectivity index (χ4n) is 2.83. The number of thioether (sulfide) groups is 1. The van der Waals surface area contributed by atoms with Gasteiger partial charge in [-0.3, -0.25) is 4.79 Å². The van der Waals surface area contributed by atoms with Crippen molar-refractivity contribution in [1.29, 1.82) is 0 Å². The van der Waals surface area contributed by atoms with Gasteiger partial charge >= 0.3 is 0 Å². The average Bonchev–Trinajstić information content (AvgIpc) is 2.97. The van der Waals surface area contributed by atoms with Crippen molar-refractivity contribution in [2.75, 3.05) is 6.26 Å². The molecule has 3 rings (SSSR count). The summed E-state index contributed by atoms with van der Waals surface area (Å²) in [7, 11) is 0. The molecule has 0 saturated heterocycles. The second kappa shape index (κ2) is 6.37. The number of fused-ring (bicyclic) bond motifs is 1. The summed E-state index contributed by atoms with van der Waals surface area (Å²) in [5, 5.41) is 5.66. The summed E-state index contributed by atoms with van der Waals surface area (Å²) in [6, 6.07) is 7.40. The highest BCUT2D eigenvalue weighted by molar-refractivity contribution is 7.98. The molecule has 0 bridgehead atoms. The maximum absolute atomic E-state index is 12.2. The molecule has 3 heterocycles. The van der Waals surface area contributed by atoms with Crippen molar-refractivity contribution in [2.45, 2.75) is 31.3 Å². The normalized spacial score (nSPS) is 12.7. The lowest BCUT2D eigenvalue weighted by molar-refractivity contribution is 0.552. The molecule has 0 radical (unpaired) electrons. The Labute approximate surface area is 143 Å². The number of rotatable bonds is 4. The Morgan fingerprint density at radius 2 is 2.13 bits per heavy atom. The zero-order valence-electron chi connectivity index (χ0n) is 13.2. The van der Waals surface area contributed by atoms with Gasteiger partial charge in [0.15, 0.2) is 0 Å². The lowest BCUT2D eigenvalue weighted by atomic mass is 10.1. The number of aryl methyl sites for hydroxylation is 1. The first kappa shape index (κ1) is 16.1. The Morgan fingerprint density at radius 3 is 2.74 bits per heavy atom. The number of halogens is 1. The first-order valence-electron chi connectivity index (χ1n) is 7.32. The molecule has 0 spiro atoms. The second-order valence-electron chi connectivity index (χ2n) is 5.29. The fraction of sp³-hybridized carbons (Fsp3) is 0.312. The smallest absolute Gasteiger partial charge is 0.274 e. The van der Waals surface area contributed by atoms with E-state index in [1.54, 1.807) is 18.3 Å². The maximum Gasteiger partial charge on any atom is 0.274 e. The van der Waals surface area contributed by atoms with Gasteiger partial charge in [-0.15, -0.1) is 11.8 Å². The summed E-state index contributed by atoms with van der Waals surface area (Å²) in [5.74, 6) is 0. The van der Waals surface area contributed by atoms with Crippen molar-refractivity contribution in [2.24, 2.45) is 0 Å². The van der Waals surface area contributed by atoms with E-state index in [0.29, 0.717) is 5.15 Å². The quantitative estimate of drug-likeness (QED) is 0.534. The minimum Gasteiger partial charge on any atom is -0.322 e. The Kier molecular flexibility index (Phi) is 4.46. The van der Waals surface area contributed by atoms with Crippen LogP contribution in [0.3, 0.4) is 0 Å². The zero-order chi connectivity index (χ0) is 16.6. The van der Waals surface area contributed by atoms with E-state index >= 15 is 0 Å². The topological polar surface area (TPSA) is 52.2 Å². The van der Waals surface area contributed by atoms with E-state index in [0.717, 1.165) is 28.4 Å². The van der Waals surface area contributed by atoms with Crippen LogP contribution in [0.4, 0.5) is 0 Å². The van der Waals surface area contributed by atoms with Crippen LogP contribution in [0.5, 0.6) is 0 Å². The van der Waals surface area contributed by atoms with Crippen LogP contribution in [0.15, 0.2) is 40.3 Å². The van der Waals surface area contributed by atoms with Crippen molar-refractivity contribution in [3.8, 4) is 0 Å². The summed E-state index contributed by atoms with van der Waals surface area (Å²) in [6.07, 6.45) is 4.60. The lowest BCUT2D eigenvalue weighted by Crippen LogP contribution is -2.23. The Hall–Kier alpha value is -1.79. The summed E-state index contributed by atoms with van der Waals surface area (Å²) >= 11 is 7.42. The van der Waals surface area contributed by atoms with E-state index in [-0.39, 0.29) is 11.6 Å². The van der Waals surface area contributed by atoms with Gasteiger partial charge in [-0.05, 0) is 31.2 Å². The van der Waals surface area contributed by atoms with Gasteiger partial charge in [-0.1, -0.05) is 24.6 Å². The number of aromatic nitrogens is 4. The number of pyridine rings is 1. The van der Waals surface area contributed by atoms with Gasteiger partial charge in [-0.25, -0.2) is 4.98 Å². The highest BCUT2D eigenvalue weighted by Gasteiger charge is 2.18. The summed E-state index contributed by atoms with van der Waals surface area (Å²) < 4.78 is 3.60. The third-order valence-corrected chi connectivity index (χ3v) is 4.72. The molecule has 0 aromatic carbocycles. The molecule has 7 heteroatoms. The minimum absolute atomic E-state index is 0.0641. The molecular weight excluding hydrogens is 332 g/mol. The van der Waals surface area contributed by atoms with E-state index in [9.17, 15) is 4.79 Å². The van der Waals surface area contributed by atoms with E-state index < -0.39 is 0 Å². The first-order chi connectivity index (χ1) is 11.0. The van der Waals surface area contributed by atoms with E-state index in [2.05, 4.69) is 21.6 Å². The van der Waals surface area contributed by atoms with Crippen LogP contribution in [0.1, 0.15) is 30.6 Å². The van der Waals surface area contributed by atoms with Crippen molar-refractivity contribution >= 4 is 29.0 Å². The van der Waals surface area contributed by atoms with Crippen molar-refractivity contribution in [1.82, 2.24) is 19.2 Å². The molecule has 3 aromatic rings. The van der Waals surface area contributed by atoms with Crippen LogP contribution in [-0.2, 0) is 0 Å².